The number of hydrogen-bond acceptors (Lipinski definition) is 5. The van der Waals surface area contributed by atoms with Gasteiger partial charge in [-0.1, -0.05) is 17.2 Å². The number of aryl methyl sites for hydroxylation is 1. The van der Waals surface area contributed by atoms with Crippen molar-refractivity contribution in [2.75, 3.05) is 19.6 Å². The second-order valence-corrected chi connectivity index (χ2v) is 12.7. The van der Waals surface area contributed by atoms with Gasteiger partial charge in [-0.15, -0.1) is 0 Å². The molecule has 12 heteroatoms. The van der Waals surface area contributed by atoms with Gasteiger partial charge < -0.3 is 15.1 Å². The molecule has 2 atom stereocenters. The van der Waals surface area contributed by atoms with E-state index in [2.05, 4.69) is 20.4 Å². The molecule has 3 amide bonds. The number of likely N-dealkylation sites (tertiary alicyclic amines) is 1. The van der Waals surface area contributed by atoms with Crippen molar-refractivity contribution < 1.29 is 18.8 Å². The maximum absolute atomic E-state index is 14.6. The predicted octanol–water partition coefficient (Wildman–Crippen LogP) is 4.59. The normalized spacial score (nSPS) is 25.1. The minimum Gasteiger partial charge on any atom is -0.350 e. The SMILES string of the molecule is CC(=O)N1CCC[C@@H](N(C(=O)C23CC(CN=[N+]=[N-])(C2)C3)C(C(=O)NCc2ccc(F)cc2)c2cn(C(C)C)nc2C)C1. The van der Waals surface area contributed by atoms with Gasteiger partial charge in [0.15, 0.2) is 0 Å². The number of hydrogen-bond donors (Lipinski definition) is 1. The number of halogens is 1. The van der Waals surface area contributed by atoms with E-state index in [1.54, 1.807) is 26.6 Å². The standard InChI is InChI=1S/C30H39FN8O3/c1-19(2)38-14-25(20(3)35-38)26(27(41)33-12-22-7-9-23(31)10-8-22)39(24-6-5-11-37(13-24)21(4)40)28(42)30-15-29(16-30,17-30)18-34-36-32/h7-10,14,19,24,26H,5-6,11-13,15-18H2,1-4H3,(H,33,41)/t24-,26?,29?,30?/m1/s1. The second-order valence-electron chi connectivity index (χ2n) is 12.7. The van der Waals surface area contributed by atoms with Crippen molar-refractivity contribution in [3.8, 4) is 0 Å². The molecule has 1 unspecified atom stereocenters. The summed E-state index contributed by atoms with van der Waals surface area (Å²) in [4.78, 5) is 47.6. The van der Waals surface area contributed by atoms with Gasteiger partial charge in [0.1, 0.15) is 11.9 Å². The van der Waals surface area contributed by atoms with Gasteiger partial charge in [0.2, 0.25) is 17.7 Å². The number of carbonyl (C=O) groups is 3. The predicted molar refractivity (Wildman–Crippen MR) is 153 cm³/mol. The van der Waals surface area contributed by atoms with Crippen LogP contribution in [0.1, 0.15) is 81.8 Å². The lowest BCUT2D eigenvalue weighted by molar-refractivity contribution is -0.217. The first-order valence-corrected chi connectivity index (χ1v) is 14.6. The first-order valence-electron chi connectivity index (χ1n) is 14.6. The van der Waals surface area contributed by atoms with E-state index >= 15 is 0 Å². The highest BCUT2D eigenvalue weighted by atomic mass is 19.1. The molecule has 1 aromatic heterocycles. The van der Waals surface area contributed by atoms with Crippen molar-refractivity contribution in [1.82, 2.24) is 24.9 Å². The summed E-state index contributed by atoms with van der Waals surface area (Å²) < 4.78 is 15.3. The molecule has 11 nitrogen and oxygen atoms in total. The van der Waals surface area contributed by atoms with E-state index < -0.39 is 11.5 Å². The van der Waals surface area contributed by atoms with Gasteiger partial charge >= 0.3 is 0 Å². The third-order valence-electron chi connectivity index (χ3n) is 9.22. The Hall–Kier alpha value is -3.92. The van der Waals surface area contributed by atoms with Crippen LogP contribution in [0.4, 0.5) is 4.39 Å². The Morgan fingerprint density at radius 3 is 2.52 bits per heavy atom. The van der Waals surface area contributed by atoms with E-state index in [-0.39, 0.29) is 47.6 Å². The van der Waals surface area contributed by atoms with E-state index in [0.29, 0.717) is 56.6 Å². The monoisotopic (exact) mass is 578 g/mol. The van der Waals surface area contributed by atoms with Crippen LogP contribution < -0.4 is 5.32 Å². The third-order valence-corrected chi connectivity index (χ3v) is 9.22. The first kappa shape index (κ1) is 29.6. The van der Waals surface area contributed by atoms with Gasteiger partial charge in [0.05, 0.1) is 17.2 Å². The molecule has 1 N–H and O–H groups in total. The summed E-state index contributed by atoms with van der Waals surface area (Å²) in [6.45, 7) is 8.86. The molecular weight excluding hydrogens is 539 g/mol. The number of aromatic nitrogens is 2. The van der Waals surface area contributed by atoms with Crippen LogP contribution in [-0.2, 0) is 20.9 Å². The maximum atomic E-state index is 14.6. The highest BCUT2D eigenvalue weighted by Gasteiger charge is 2.72. The number of amides is 3. The zero-order chi connectivity index (χ0) is 30.2. The molecule has 42 heavy (non-hydrogen) atoms. The van der Waals surface area contributed by atoms with Crippen LogP contribution in [0.25, 0.3) is 10.4 Å². The number of benzene rings is 1. The fourth-order valence-corrected chi connectivity index (χ4v) is 7.14. The number of azide groups is 1. The zero-order valence-corrected chi connectivity index (χ0v) is 24.7. The van der Waals surface area contributed by atoms with E-state index in [1.807, 2.05) is 27.0 Å². The highest BCUT2D eigenvalue weighted by Crippen LogP contribution is 2.74. The molecule has 0 spiro atoms. The number of piperidine rings is 1. The Labute approximate surface area is 245 Å². The lowest BCUT2D eigenvalue weighted by atomic mass is 9.34. The molecule has 4 fully saturated rings. The van der Waals surface area contributed by atoms with E-state index in [0.717, 1.165) is 12.0 Å². The molecule has 1 saturated heterocycles. The van der Waals surface area contributed by atoms with Gasteiger partial charge in [-0.2, -0.15) is 5.10 Å². The molecule has 6 rings (SSSR count). The fourth-order valence-electron chi connectivity index (χ4n) is 7.14. The number of carbonyl (C=O) groups excluding carboxylic acids is 3. The highest BCUT2D eigenvalue weighted by molar-refractivity contribution is 5.93. The first-order chi connectivity index (χ1) is 20.0. The van der Waals surface area contributed by atoms with Crippen LogP contribution in [0.2, 0.25) is 0 Å². The molecule has 224 valence electrons. The number of rotatable bonds is 10. The molecule has 2 bridgehead atoms. The van der Waals surface area contributed by atoms with E-state index in [1.165, 1.54) is 19.1 Å². The zero-order valence-electron chi connectivity index (χ0n) is 24.7. The van der Waals surface area contributed by atoms with Crippen LogP contribution in [0.15, 0.2) is 35.6 Å². The summed E-state index contributed by atoms with van der Waals surface area (Å²) in [6.07, 6.45) is 5.08. The van der Waals surface area contributed by atoms with Crippen molar-refractivity contribution >= 4 is 17.7 Å². The van der Waals surface area contributed by atoms with Crippen molar-refractivity contribution in [2.45, 2.75) is 84.5 Å². The van der Waals surface area contributed by atoms with Gasteiger partial charge in [-0.25, -0.2) is 4.39 Å². The van der Waals surface area contributed by atoms with Gasteiger partial charge in [-0.05, 0) is 81.5 Å². The third kappa shape index (κ3) is 5.47. The van der Waals surface area contributed by atoms with Crippen LogP contribution in [0.5, 0.6) is 0 Å². The Kier molecular flexibility index (Phi) is 8.02. The van der Waals surface area contributed by atoms with Crippen molar-refractivity contribution in [3.63, 3.8) is 0 Å². The summed E-state index contributed by atoms with van der Waals surface area (Å²) in [5, 5.41) is 11.4. The van der Waals surface area contributed by atoms with E-state index in [9.17, 15) is 18.8 Å². The van der Waals surface area contributed by atoms with Gasteiger partial charge in [0.25, 0.3) is 0 Å². The molecule has 0 radical (unpaired) electrons. The lowest BCUT2D eigenvalue weighted by Gasteiger charge is -2.70. The Bertz CT molecular complexity index is 1390. The fraction of sp³-hybridized carbons (Fsp3) is 0.600. The smallest absolute Gasteiger partial charge is 0.247 e. The molecule has 3 saturated carbocycles. The topological polar surface area (TPSA) is 136 Å². The van der Waals surface area contributed by atoms with Crippen LogP contribution in [0, 0.1) is 23.6 Å². The van der Waals surface area contributed by atoms with Crippen LogP contribution >= 0.6 is 0 Å². The van der Waals surface area contributed by atoms with E-state index in [4.69, 9.17) is 5.53 Å². The summed E-state index contributed by atoms with van der Waals surface area (Å²) in [5.74, 6) is -0.874. The van der Waals surface area contributed by atoms with Crippen molar-refractivity contribution in [2.24, 2.45) is 15.9 Å². The van der Waals surface area contributed by atoms with Gasteiger partial charge in [0, 0.05) is 55.8 Å². The molecule has 4 aliphatic rings. The van der Waals surface area contributed by atoms with Crippen molar-refractivity contribution in [1.29, 1.82) is 0 Å². The minimum absolute atomic E-state index is 0.0468. The van der Waals surface area contributed by atoms with Crippen molar-refractivity contribution in [3.05, 3.63) is 63.5 Å². The van der Waals surface area contributed by atoms with Crippen LogP contribution in [0.3, 0.4) is 0 Å². The molecular formula is C30H39FN8O3. The summed E-state index contributed by atoms with van der Waals surface area (Å²) in [5.41, 5.74) is 10.1. The summed E-state index contributed by atoms with van der Waals surface area (Å²) in [6, 6.07) is 4.65. The average Bonchev–Trinajstić information content (AvgIpc) is 3.31. The molecule has 1 aromatic carbocycles. The lowest BCUT2D eigenvalue weighted by Crippen LogP contribution is -2.71. The quantitative estimate of drug-likeness (QED) is 0.250. The number of nitrogens with one attached hydrogen (secondary N) is 1. The maximum Gasteiger partial charge on any atom is 0.247 e. The summed E-state index contributed by atoms with van der Waals surface area (Å²) in [7, 11) is 0. The summed E-state index contributed by atoms with van der Waals surface area (Å²) >= 11 is 0. The minimum atomic E-state index is -0.968. The number of nitrogens with zero attached hydrogens (tertiary/aromatic N) is 7. The Balaban J connectivity index is 1.52. The molecule has 2 heterocycles. The Morgan fingerprint density at radius 2 is 1.93 bits per heavy atom. The van der Waals surface area contributed by atoms with Crippen LogP contribution in [-0.4, -0.2) is 63.0 Å². The molecule has 1 aliphatic heterocycles. The molecule has 3 aliphatic carbocycles. The average molecular weight is 579 g/mol. The Morgan fingerprint density at radius 1 is 1.24 bits per heavy atom. The van der Waals surface area contributed by atoms with Gasteiger partial charge in [-0.3, -0.25) is 19.1 Å². The molecule has 2 aromatic rings. The largest absolute Gasteiger partial charge is 0.350 e. The second kappa shape index (κ2) is 11.4.